The first-order valence-corrected chi connectivity index (χ1v) is 4.32. The van der Waals surface area contributed by atoms with Gasteiger partial charge in [0.1, 0.15) is 6.20 Å². The summed E-state index contributed by atoms with van der Waals surface area (Å²) >= 11 is 0. The average molecular weight is 170 g/mol. The summed E-state index contributed by atoms with van der Waals surface area (Å²) in [7, 11) is 0. The molecule has 0 saturated carbocycles. The lowest BCUT2D eigenvalue weighted by Crippen LogP contribution is -2.18. The molecule has 0 amide bonds. The van der Waals surface area contributed by atoms with Crippen molar-refractivity contribution in [2.24, 2.45) is 5.11 Å². The van der Waals surface area contributed by atoms with Crippen LogP contribution in [0.4, 0.5) is 0 Å². The van der Waals surface area contributed by atoms with Gasteiger partial charge in [0.15, 0.2) is 5.76 Å². The molecule has 0 bridgehead atoms. The van der Waals surface area contributed by atoms with Crippen LogP contribution in [0, 0.1) is 5.21 Å². The highest BCUT2D eigenvalue weighted by Crippen LogP contribution is 2.17. The van der Waals surface area contributed by atoms with Crippen molar-refractivity contribution in [3.8, 4) is 0 Å². The third-order valence-electron chi connectivity index (χ3n) is 1.99. The van der Waals surface area contributed by atoms with Gasteiger partial charge in [-0.3, -0.25) is 0 Å². The Balaban J connectivity index is 2.32. The smallest absolute Gasteiger partial charge is 0.247 e. The Morgan fingerprint density at radius 2 is 2.42 bits per heavy atom. The zero-order chi connectivity index (χ0) is 8.97. The van der Waals surface area contributed by atoms with Crippen LogP contribution >= 0.6 is 0 Å². The Kier molecular flexibility index (Phi) is 3.08. The number of aliphatic hydroxyl groups is 1. The van der Waals surface area contributed by atoms with Crippen LogP contribution < -0.4 is 0 Å². The summed E-state index contributed by atoms with van der Waals surface area (Å²) in [6.07, 6.45) is 5.10. The number of aliphatic hydroxyl groups excluding tert-OH is 1. The minimum Gasteiger partial charge on any atom is -0.599 e. The summed E-state index contributed by atoms with van der Waals surface area (Å²) < 4.78 is 0. The summed E-state index contributed by atoms with van der Waals surface area (Å²) in [6.45, 7) is 2.10. The van der Waals surface area contributed by atoms with E-state index in [4.69, 9.17) is 0 Å². The van der Waals surface area contributed by atoms with E-state index < -0.39 is 6.04 Å². The van der Waals surface area contributed by atoms with Gasteiger partial charge in [-0.1, -0.05) is 24.6 Å². The number of hydroxylamine groups is 1. The maximum atomic E-state index is 10.9. The summed E-state index contributed by atoms with van der Waals surface area (Å²) in [6, 6.07) is -0.420. The zero-order valence-electron chi connectivity index (χ0n) is 7.23. The second-order valence-electron chi connectivity index (χ2n) is 2.98. The van der Waals surface area contributed by atoms with Crippen molar-refractivity contribution in [1.29, 1.82) is 0 Å². The van der Waals surface area contributed by atoms with Crippen LogP contribution in [0.1, 0.15) is 32.6 Å². The number of hydrogen-bond acceptors (Lipinski definition) is 3. The first-order chi connectivity index (χ1) is 5.75. The molecule has 1 N–H and O–H groups in total. The number of azo groups is 1. The monoisotopic (exact) mass is 170 g/mol. The maximum Gasteiger partial charge on any atom is 0.247 e. The molecule has 1 aliphatic heterocycles. The molecule has 0 aromatic rings. The maximum absolute atomic E-state index is 10.9. The molecule has 0 aliphatic carbocycles. The van der Waals surface area contributed by atoms with Crippen molar-refractivity contribution in [2.75, 3.05) is 0 Å². The molecule has 1 heterocycles. The van der Waals surface area contributed by atoms with Gasteiger partial charge in [-0.25, -0.2) is 0 Å². The van der Waals surface area contributed by atoms with Crippen LogP contribution in [0.2, 0.25) is 0 Å². The molecule has 1 atom stereocenters. The van der Waals surface area contributed by atoms with E-state index >= 15 is 0 Å². The van der Waals surface area contributed by atoms with E-state index in [9.17, 15) is 10.3 Å². The van der Waals surface area contributed by atoms with Crippen molar-refractivity contribution in [3.05, 3.63) is 17.2 Å². The average Bonchev–Trinajstić information content (AvgIpc) is 2.35. The standard InChI is InChI=1S/C8H14N2O2/c1-2-3-4-5-7-8(11)6-9-10(7)12/h6-7,11H,2-5H2,1H3. The van der Waals surface area contributed by atoms with Crippen LogP contribution in [0.5, 0.6) is 0 Å². The topological polar surface area (TPSA) is 58.7 Å². The van der Waals surface area contributed by atoms with E-state index in [1.807, 2.05) is 0 Å². The number of unbranched alkanes of at least 4 members (excludes halogenated alkanes) is 2. The molecule has 1 unspecified atom stereocenters. The molecule has 0 radical (unpaired) electrons. The lowest BCUT2D eigenvalue weighted by atomic mass is 10.1. The van der Waals surface area contributed by atoms with Crippen molar-refractivity contribution in [3.63, 3.8) is 0 Å². The minimum atomic E-state index is -0.420. The molecule has 4 nitrogen and oxygen atoms in total. The fraction of sp³-hybridized carbons (Fsp3) is 0.750. The second-order valence-corrected chi connectivity index (χ2v) is 2.98. The SMILES string of the molecule is CCCCCC1C(O)=CN=[N+]1[O-]. The molecule has 0 aromatic heterocycles. The Morgan fingerprint density at radius 3 is 2.92 bits per heavy atom. The van der Waals surface area contributed by atoms with Crippen LogP contribution in [0.3, 0.4) is 0 Å². The summed E-state index contributed by atoms with van der Waals surface area (Å²) in [5.41, 5.74) is 0. The molecule has 0 aromatic carbocycles. The first-order valence-electron chi connectivity index (χ1n) is 4.32. The van der Waals surface area contributed by atoms with Gasteiger partial charge in [0.05, 0.1) is 0 Å². The van der Waals surface area contributed by atoms with Gasteiger partial charge in [-0.15, -0.1) is 0 Å². The molecule has 0 spiro atoms. The molecule has 0 fully saturated rings. The third kappa shape index (κ3) is 1.96. The summed E-state index contributed by atoms with van der Waals surface area (Å²) in [5.74, 6) is 0.0982. The molecule has 68 valence electrons. The Hall–Kier alpha value is -1.06. The van der Waals surface area contributed by atoms with Crippen LogP contribution in [-0.4, -0.2) is 16.0 Å². The molecule has 1 aliphatic rings. The zero-order valence-corrected chi connectivity index (χ0v) is 7.23. The largest absolute Gasteiger partial charge is 0.599 e. The van der Waals surface area contributed by atoms with E-state index in [1.54, 1.807) is 0 Å². The molecule has 1 rings (SSSR count). The first kappa shape index (κ1) is 9.03. The van der Waals surface area contributed by atoms with Gasteiger partial charge in [-0.05, 0) is 6.42 Å². The summed E-state index contributed by atoms with van der Waals surface area (Å²) in [4.78, 5) is 0.574. The summed E-state index contributed by atoms with van der Waals surface area (Å²) in [5, 5.41) is 23.5. The Bertz CT molecular complexity index is 193. The van der Waals surface area contributed by atoms with Gasteiger partial charge < -0.3 is 10.3 Å². The van der Waals surface area contributed by atoms with Crippen LogP contribution in [0.25, 0.3) is 0 Å². The number of rotatable bonds is 4. The molecule has 12 heavy (non-hydrogen) atoms. The molecule has 0 saturated heterocycles. The van der Waals surface area contributed by atoms with Gasteiger partial charge in [0.25, 0.3) is 0 Å². The molecule has 4 heteroatoms. The second kappa shape index (κ2) is 4.09. The predicted octanol–water partition coefficient (Wildman–Crippen LogP) is 2.31. The molecular weight excluding hydrogens is 156 g/mol. The van der Waals surface area contributed by atoms with Crippen molar-refractivity contribution in [2.45, 2.75) is 38.6 Å². The quantitative estimate of drug-likeness (QED) is 0.400. The fourth-order valence-electron chi connectivity index (χ4n) is 1.24. The van der Waals surface area contributed by atoms with E-state index in [-0.39, 0.29) is 5.76 Å². The minimum absolute atomic E-state index is 0.0982. The van der Waals surface area contributed by atoms with Gasteiger partial charge in [-0.2, -0.15) is 0 Å². The fourth-order valence-corrected chi connectivity index (χ4v) is 1.24. The lowest BCUT2D eigenvalue weighted by molar-refractivity contribution is -0.552. The Labute approximate surface area is 71.8 Å². The van der Waals surface area contributed by atoms with Crippen LogP contribution in [0.15, 0.2) is 17.1 Å². The highest BCUT2D eigenvalue weighted by molar-refractivity contribution is 4.98. The third-order valence-corrected chi connectivity index (χ3v) is 1.99. The normalized spacial score (nSPS) is 22.2. The van der Waals surface area contributed by atoms with Crippen molar-refractivity contribution < 1.29 is 9.97 Å². The van der Waals surface area contributed by atoms with Crippen LogP contribution in [-0.2, 0) is 0 Å². The van der Waals surface area contributed by atoms with E-state index in [0.717, 1.165) is 19.3 Å². The van der Waals surface area contributed by atoms with Gasteiger partial charge in [0, 0.05) is 11.5 Å². The van der Waals surface area contributed by atoms with E-state index in [1.165, 1.54) is 6.20 Å². The molecular formula is C8H14N2O2. The number of nitrogens with zero attached hydrogens (tertiary/aromatic N) is 2. The van der Waals surface area contributed by atoms with E-state index in [0.29, 0.717) is 11.3 Å². The van der Waals surface area contributed by atoms with E-state index in [2.05, 4.69) is 12.0 Å². The highest BCUT2D eigenvalue weighted by Gasteiger charge is 2.27. The lowest BCUT2D eigenvalue weighted by Gasteiger charge is -2.07. The number of hydrogen-bond donors (Lipinski definition) is 1. The van der Waals surface area contributed by atoms with Crippen molar-refractivity contribution in [1.82, 2.24) is 0 Å². The highest BCUT2D eigenvalue weighted by atomic mass is 16.5. The van der Waals surface area contributed by atoms with Gasteiger partial charge in [0.2, 0.25) is 6.04 Å². The Morgan fingerprint density at radius 1 is 1.67 bits per heavy atom. The predicted molar refractivity (Wildman–Crippen MR) is 44.7 cm³/mol. The van der Waals surface area contributed by atoms with Gasteiger partial charge >= 0.3 is 0 Å². The van der Waals surface area contributed by atoms with Crippen molar-refractivity contribution >= 4 is 0 Å².